The van der Waals surface area contributed by atoms with Gasteiger partial charge in [0.05, 0.1) is 19.3 Å². The molecular weight excluding hydrogens is 421 g/mol. The molecule has 1 aliphatic heterocycles. The number of aromatic hydroxyl groups is 1. The molecule has 1 aromatic rings. The van der Waals surface area contributed by atoms with Crippen molar-refractivity contribution in [3.8, 4) is 5.75 Å². The van der Waals surface area contributed by atoms with Gasteiger partial charge in [0.25, 0.3) is 0 Å². The molecule has 1 atom stereocenters. The first-order chi connectivity index (χ1) is 11.3. The molecule has 0 spiro atoms. The first-order valence-corrected chi connectivity index (χ1v) is 8.27. The van der Waals surface area contributed by atoms with Crippen LogP contribution in [0.4, 0.5) is 0 Å². The third kappa shape index (κ3) is 8.16. The Hall–Kier alpha value is -1.06. The lowest BCUT2D eigenvalue weighted by Gasteiger charge is -2.13. The Morgan fingerprint density at radius 3 is 3.00 bits per heavy atom. The molecule has 2 rings (SSSR count). The van der Waals surface area contributed by atoms with Crippen molar-refractivity contribution in [2.24, 2.45) is 4.99 Å². The second kappa shape index (κ2) is 12.3. The van der Waals surface area contributed by atoms with Crippen LogP contribution in [0.5, 0.6) is 5.75 Å². The molecule has 1 unspecified atom stereocenters. The number of rotatable bonds is 8. The number of nitrogens with one attached hydrogen (secondary N) is 2. The van der Waals surface area contributed by atoms with E-state index in [0.29, 0.717) is 6.54 Å². The van der Waals surface area contributed by atoms with Crippen LogP contribution >= 0.6 is 24.0 Å². The van der Waals surface area contributed by atoms with E-state index in [1.807, 2.05) is 19.1 Å². The van der Waals surface area contributed by atoms with Crippen molar-refractivity contribution in [3.63, 3.8) is 0 Å². The lowest BCUT2D eigenvalue weighted by molar-refractivity contribution is 0.0420. The number of aliphatic imine (C=N–C) groups is 1. The second-order valence-corrected chi connectivity index (χ2v) is 5.50. The van der Waals surface area contributed by atoms with Gasteiger partial charge in [-0.15, -0.1) is 24.0 Å². The van der Waals surface area contributed by atoms with Crippen LogP contribution in [0.2, 0.25) is 0 Å². The van der Waals surface area contributed by atoms with E-state index >= 15 is 0 Å². The Morgan fingerprint density at radius 2 is 2.29 bits per heavy atom. The van der Waals surface area contributed by atoms with Gasteiger partial charge in [0.2, 0.25) is 0 Å². The fourth-order valence-corrected chi connectivity index (χ4v) is 2.34. The van der Waals surface area contributed by atoms with Gasteiger partial charge >= 0.3 is 0 Å². The maximum absolute atomic E-state index is 9.47. The second-order valence-electron chi connectivity index (χ2n) is 5.50. The summed E-state index contributed by atoms with van der Waals surface area (Å²) in [5.41, 5.74) is 0.978. The van der Waals surface area contributed by atoms with E-state index < -0.39 is 0 Å². The number of guanidine groups is 1. The van der Waals surface area contributed by atoms with E-state index in [4.69, 9.17) is 9.47 Å². The molecule has 24 heavy (non-hydrogen) atoms. The normalized spacial score (nSPS) is 17.4. The van der Waals surface area contributed by atoms with Crippen LogP contribution in [-0.2, 0) is 16.0 Å². The van der Waals surface area contributed by atoms with Gasteiger partial charge in [-0.25, -0.2) is 4.99 Å². The van der Waals surface area contributed by atoms with E-state index in [0.717, 1.165) is 57.3 Å². The maximum atomic E-state index is 9.47. The largest absolute Gasteiger partial charge is 0.508 e. The quantitative estimate of drug-likeness (QED) is 0.246. The number of phenols is 1. The van der Waals surface area contributed by atoms with Crippen molar-refractivity contribution in [3.05, 3.63) is 29.8 Å². The molecule has 0 radical (unpaired) electrons. The van der Waals surface area contributed by atoms with Crippen molar-refractivity contribution in [2.45, 2.75) is 32.4 Å². The Labute approximate surface area is 161 Å². The summed E-state index contributed by atoms with van der Waals surface area (Å²) in [6.07, 6.45) is 2.19. The average molecular weight is 449 g/mol. The highest BCUT2D eigenvalue weighted by atomic mass is 127. The fourth-order valence-electron chi connectivity index (χ4n) is 2.34. The molecule has 1 heterocycles. The van der Waals surface area contributed by atoms with Gasteiger partial charge < -0.3 is 25.2 Å². The molecule has 136 valence electrons. The van der Waals surface area contributed by atoms with E-state index in [1.54, 1.807) is 12.1 Å². The highest BCUT2D eigenvalue weighted by Crippen LogP contribution is 2.11. The number of hydrogen-bond acceptors (Lipinski definition) is 4. The number of nitrogens with zero attached hydrogens (tertiary/aromatic N) is 1. The Bertz CT molecular complexity index is 494. The number of halogens is 1. The minimum atomic E-state index is 0. The van der Waals surface area contributed by atoms with Crippen molar-refractivity contribution < 1.29 is 14.6 Å². The SMILES string of the molecule is CCNC(=NCc1cccc(O)c1)NCCCOC1CCOC1.I. The van der Waals surface area contributed by atoms with E-state index in [1.165, 1.54) is 0 Å². The minimum absolute atomic E-state index is 0. The Kier molecular flexibility index (Phi) is 10.8. The monoisotopic (exact) mass is 449 g/mol. The van der Waals surface area contributed by atoms with Crippen molar-refractivity contribution in [2.75, 3.05) is 32.9 Å². The number of benzene rings is 1. The predicted octanol–water partition coefficient (Wildman–Crippen LogP) is 2.26. The molecule has 1 aliphatic rings. The zero-order valence-electron chi connectivity index (χ0n) is 14.2. The summed E-state index contributed by atoms with van der Waals surface area (Å²) in [5, 5.41) is 16.0. The van der Waals surface area contributed by atoms with Gasteiger partial charge in [-0.2, -0.15) is 0 Å². The van der Waals surface area contributed by atoms with Gasteiger partial charge in [0.1, 0.15) is 5.75 Å². The molecule has 0 bridgehead atoms. The molecule has 0 saturated carbocycles. The Balaban J connectivity index is 0.00000288. The summed E-state index contributed by atoms with van der Waals surface area (Å²) < 4.78 is 11.0. The molecule has 6 nitrogen and oxygen atoms in total. The number of hydrogen-bond donors (Lipinski definition) is 3. The number of phenolic OH excluding ortho intramolecular Hbond substituents is 1. The predicted molar refractivity (Wildman–Crippen MR) is 106 cm³/mol. The van der Waals surface area contributed by atoms with Crippen LogP contribution in [0.25, 0.3) is 0 Å². The van der Waals surface area contributed by atoms with Gasteiger partial charge in [-0.3, -0.25) is 0 Å². The summed E-state index contributed by atoms with van der Waals surface area (Å²) in [4.78, 5) is 4.52. The van der Waals surface area contributed by atoms with Gasteiger partial charge in [0.15, 0.2) is 5.96 Å². The summed E-state index contributed by atoms with van der Waals surface area (Å²) in [5.74, 6) is 1.05. The van der Waals surface area contributed by atoms with Crippen molar-refractivity contribution in [1.29, 1.82) is 0 Å². The van der Waals surface area contributed by atoms with Gasteiger partial charge in [-0.05, 0) is 37.5 Å². The van der Waals surface area contributed by atoms with Crippen LogP contribution in [0.3, 0.4) is 0 Å². The third-order valence-corrected chi connectivity index (χ3v) is 3.53. The molecule has 1 saturated heterocycles. The molecule has 0 aliphatic carbocycles. The number of ether oxygens (including phenoxy) is 2. The lowest BCUT2D eigenvalue weighted by atomic mass is 10.2. The molecule has 0 amide bonds. The van der Waals surface area contributed by atoms with E-state index in [2.05, 4.69) is 15.6 Å². The molecule has 0 aromatic heterocycles. The summed E-state index contributed by atoms with van der Waals surface area (Å²) in [6.45, 7) is 6.44. The Morgan fingerprint density at radius 1 is 1.42 bits per heavy atom. The van der Waals surface area contributed by atoms with Crippen LogP contribution in [-0.4, -0.2) is 50.1 Å². The summed E-state index contributed by atoms with van der Waals surface area (Å²) in [6, 6.07) is 7.16. The van der Waals surface area contributed by atoms with E-state index in [-0.39, 0.29) is 35.8 Å². The zero-order chi connectivity index (χ0) is 16.3. The smallest absolute Gasteiger partial charge is 0.191 e. The highest BCUT2D eigenvalue weighted by molar-refractivity contribution is 14.0. The van der Waals surface area contributed by atoms with Crippen LogP contribution in [0, 0.1) is 0 Å². The van der Waals surface area contributed by atoms with Crippen LogP contribution in [0.15, 0.2) is 29.3 Å². The minimum Gasteiger partial charge on any atom is -0.508 e. The first kappa shape index (κ1) is 21.0. The van der Waals surface area contributed by atoms with Crippen LogP contribution in [0.1, 0.15) is 25.3 Å². The lowest BCUT2D eigenvalue weighted by Crippen LogP contribution is -2.38. The highest BCUT2D eigenvalue weighted by Gasteiger charge is 2.15. The average Bonchev–Trinajstić information content (AvgIpc) is 3.05. The maximum Gasteiger partial charge on any atom is 0.191 e. The van der Waals surface area contributed by atoms with E-state index in [9.17, 15) is 5.11 Å². The topological polar surface area (TPSA) is 75.1 Å². The fraction of sp³-hybridized carbons (Fsp3) is 0.588. The molecular formula is C17H28IN3O3. The van der Waals surface area contributed by atoms with Crippen LogP contribution < -0.4 is 10.6 Å². The summed E-state index contributed by atoms with van der Waals surface area (Å²) >= 11 is 0. The van der Waals surface area contributed by atoms with Crippen molar-refractivity contribution >= 4 is 29.9 Å². The molecule has 1 aromatic carbocycles. The molecule has 3 N–H and O–H groups in total. The summed E-state index contributed by atoms with van der Waals surface area (Å²) in [7, 11) is 0. The first-order valence-electron chi connectivity index (χ1n) is 8.27. The molecule has 1 fully saturated rings. The standard InChI is InChI=1S/C17H27N3O3.HI/c1-2-18-17(20-12-14-5-3-6-15(21)11-14)19-8-4-9-23-16-7-10-22-13-16;/h3,5-6,11,16,21H,2,4,7-10,12-13H2,1H3,(H2,18,19,20);1H. The zero-order valence-corrected chi connectivity index (χ0v) is 16.5. The third-order valence-electron chi connectivity index (χ3n) is 3.53. The van der Waals surface area contributed by atoms with Gasteiger partial charge in [0, 0.05) is 26.3 Å². The molecule has 7 heteroatoms. The van der Waals surface area contributed by atoms with Crippen molar-refractivity contribution in [1.82, 2.24) is 10.6 Å². The van der Waals surface area contributed by atoms with Gasteiger partial charge in [-0.1, -0.05) is 12.1 Å².